The van der Waals surface area contributed by atoms with Crippen LogP contribution in [0.15, 0.2) is 45.9 Å². The highest BCUT2D eigenvalue weighted by molar-refractivity contribution is 14.1. The van der Waals surface area contributed by atoms with Gasteiger partial charge in [0.2, 0.25) is 10.0 Å². The Labute approximate surface area is 107 Å². The lowest BCUT2D eigenvalue weighted by Crippen LogP contribution is -2.13. The lowest BCUT2D eigenvalue weighted by molar-refractivity contribution is 0.577. The first-order chi connectivity index (χ1) is 7.48. The predicted molar refractivity (Wildman–Crippen MR) is 68.2 cm³/mol. The van der Waals surface area contributed by atoms with Crippen LogP contribution >= 0.6 is 22.6 Å². The molecular weight excluding hydrogens is 341 g/mol. The largest absolute Gasteiger partial charge is 0.464 e. The second-order valence-corrected chi connectivity index (χ2v) is 5.94. The highest BCUT2D eigenvalue weighted by atomic mass is 127. The van der Waals surface area contributed by atoms with Crippen molar-refractivity contribution in [1.29, 1.82) is 0 Å². The van der Waals surface area contributed by atoms with Gasteiger partial charge in [0.05, 0.1) is 11.2 Å². The minimum Gasteiger partial charge on any atom is -0.464 e. The number of hydrogen-bond acceptors (Lipinski definition) is 3. The number of primary sulfonamides is 1. The maximum absolute atomic E-state index is 11.4. The molecule has 0 aliphatic heterocycles. The van der Waals surface area contributed by atoms with Crippen LogP contribution in [0.1, 0.15) is 0 Å². The molecule has 1 heterocycles. The fraction of sp³-hybridized carbons (Fsp3) is 0. The van der Waals surface area contributed by atoms with Crippen LogP contribution in [0.2, 0.25) is 0 Å². The van der Waals surface area contributed by atoms with Gasteiger partial charge in [0.25, 0.3) is 0 Å². The van der Waals surface area contributed by atoms with Gasteiger partial charge in [-0.05, 0) is 52.9 Å². The summed E-state index contributed by atoms with van der Waals surface area (Å²) in [5.41, 5.74) is 0.480. The van der Waals surface area contributed by atoms with Crippen molar-refractivity contribution in [3.05, 3.63) is 40.2 Å². The van der Waals surface area contributed by atoms with E-state index >= 15 is 0 Å². The average molecular weight is 349 g/mol. The topological polar surface area (TPSA) is 73.3 Å². The number of furan rings is 1. The summed E-state index contributed by atoms with van der Waals surface area (Å²) >= 11 is 2.03. The molecular formula is C10H8INO3S. The van der Waals surface area contributed by atoms with Crippen LogP contribution in [0.4, 0.5) is 0 Å². The van der Waals surface area contributed by atoms with Gasteiger partial charge in [0, 0.05) is 9.13 Å². The molecule has 4 nitrogen and oxygen atoms in total. The van der Waals surface area contributed by atoms with Crippen molar-refractivity contribution >= 4 is 32.6 Å². The Balaban J connectivity index is 2.72. The van der Waals surface area contributed by atoms with Crippen LogP contribution in [0, 0.1) is 3.57 Å². The molecule has 0 radical (unpaired) electrons. The molecule has 0 atom stereocenters. The van der Waals surface area contributed by atoms with E-state index in [1.165, 1.54) is 12.3 Å². The Hall–Kier alpha value is -0.860. The summed E-state index contributed by atoms with van der Waals surface area (Å²) in [5, 5.41) is 5.16. The SMILES string of the molecule is NS(=O)(=O)c1cc(I)ccc1-c1ccco1. The van der Waals surface area contributed by atoms with E-state index < -0.39 is 10.0 Å². The van der Waals surface area contributed by atoms with E-state index in [0.29, 0.717) is 11.3 Å². The lowest BCUT2D eigenvalue weighted by Gasteiger charge is -2.05. The molecule has 2 rings (SSSR count). The first-order valence-corrected chi connectivity index (χ1v) is 6.97. The summed E-state index contributed by atoms with van der Waals surface area (Å²) in [6.45, 7) is 0. The van der Waals surface area contributed by atoms with Crippen molar-refractivity contribution in [3.63, 3.8) is 0 Å². The molecule has 1 aromatic heterocycles. The van der Waals surface area contributed by atoms with Gasteiger partial charge in [-0.1, -0.05) is 0 Å². The van der Waals surface area contributed by atoms with Gasteiger partial charge < -0.3 is 4.42 Å². The third-order valence-electron chi connectivity index (χ3n) is 2.04. The highest BCUT2D eigenvalue weighted by Crippen LogP contribution is 2.28. The van der Waals surface area contributed by atoms with E-state index in [4.69, 9.17) is 9.56 Å². The number of hydrogen-bond donors (Lipinski definition) is 1. The molecule has 84 valence electrons. The number of nitrogens with two attached hydrogens (primary N) is 1. The van der Waals surface area contributed by atoms with Crippen LogP contribution in [0.25, 0.3) is 11.3 Å². The molecule has 0 amide bonds. The fourth-order valence-electron chi connectivity index (χ4n) is 1.37. The molecule has 0 spiro atoms. The molecule has 0 aliphatic rings. The van der Waals surface area contributed by atoms with Crippen molar-refractivity contribution in [2.75, 3.05) is 0 Å². The molecule has 0 aliphatic carbocycles. The molecule has 6 heteroatoms. The molecule has 2 N–H and O–H groups in total. The van der Waals surface area contributed by atoms with Gasteiger partial charge in [-0.15, -0.1) is 0 Å². The molecule has 1 aromatic carbocycles. The van der Waals surface area contributed by atoms with Crippen molar-refractivity contribution in [1.82, 2.24) is 0 Å². The van der Waals surface area contributed by atoms with Crippen molar-refractivity contribution in [3.8, 4) is 11.3 Å². The molecule has 0 saturated heterocycles. The summed E-state index contributed by atoms with van der Waals surface area (Å²) in [6, 6.07) is 8.39. The van der Waals surface area contributed by atoms with E-state index in [0.717, 1.165) is 3.57 Å². The fourth-order valence-corrected chi connectivity index (χ4v) is 2.84. The Kier molecular flexibility index (Phi) is 3.04. The van der Waals surface area contributed by atoms with E-state index in [1.54, 1.807) is 24.3 Å². The van der Waals surface area contributed by atoms with Crippen LogP contribution < -0.4 is 5.14 Å². The molecule has 2 aromatic rings. The summed E-state index contributed by atoms with van der Waals surface area (Å²) < 4.78 is 28.8. The molecule has 0 unspecified atom stereocenters. The summed E-state index contributed by atoms with van der Waals surface area (Å²) in [7, 11) is -3.75. The van der Waals surface area contributed by atoms with Gasteiger partial charge >= 0.3 is 0 Å². The first kappa shape index (κ1) is 11.6. The second kappa shape index (κ2) is 4.19. The molecule has 16 heavy (non-hydrogen) atoms. The highest BCUT2D eigenvalue weighted by Gasteiger charge is 2.17. The Morgan fingerprint density at radius 1 is 1.25 bits per heavy atom. The minimum absolute atomic E-state index is 0.0781. The van der Waals surface area contributed by atoms with Crippen LogP contribution in [-0.4, -0.2) is 8.42 Å². The smallest absolute Gasteiger partial charge is 0.238 e. The van der Waals surface area contributed by atoms with Gasteiger partial charge in [-0.3, -0.25) is 0 Å². The van der Waals surface area contributed by atoms with Crippen molar-refractivity contribution in [2.24, 2.45) is 5.14 Å². The number of benzene rings is 1. The van der Waals surface area contributed by atoms with Crippen LogP contribution in [0.5, 0.6) is 0 Å². The van der Waals surface area contributed by atoms with E-state index in [-0.39, 0.29) is 4.90 Å². The Morgan fingerprint density at radius 2 is 2.00 bits per heavy atom. The quantitative estimate of drug-likeness (QED) is 0.845. The first-order valence-electron chi connectivity index (χ1n) is 4.35. The zero-order valence-electron chi connectivity index (χ0n) is 8.05. The number of sulfonamides is 1. The lowest BCUT2D eigenvalue weighted by atomic mass is 10.2. The average Bonchev–Trinajstić information content (AvgIpc) is 2.69. The van der Waals surface area contributed by atoms with Gasteiger partial charge in [0.1, 0.15) is 5.76 Å². The summed E-state index contributed by atoms with van der Waals surface area (Å²) in [5.74, 6) is 0.487. The number of rotatable bonds is 2. The van der Waals surface area contributed by atoms with E-state index in [9.17, 15) is 8.42 Å². The molecule has 0 saturated carbocycles. The standard InChI is InChI=1S/C10H8INO3S/c11-7-3-4-8(9-2-1-5-15-9)10(6-7)16(12,13)14/h1-6H,(H2,12,13,14). The maximum atomic E-state index is 11.4. The van der Waals surface area contributed by atoms with Gasteiger partial charge in [-0.25, -0.2) is 13.6 Å². The van der Waals surface area contributed by atoms with E-state index in [1.807, 2.05) is 22.6 Å². The zero-order chi connectivity index (χ0) is 11.8. The Morgan fingerprint density at radius 3 is 2.56 bits per heavy atom. The normalized spacial score (nSPS) is 11.6. The Bertz CT molecular complexity index is 605. The van der Waals surface area contributed by atoms with Crippen molar-refractivity contribution < 1.29 is 12.8 Å². The third kappa shape index (κ3) is 2.28. The third-order valence-corrected chi connectivity index (χ3v) is 3.66. The maximum Gasteiger partial charge on any atom is 0.238 e. The second-order valence-electron chi connectivity index (χ2n) is 3.16. The van der Waals surface area contributed by atoms with Gasteiger partial charge in [-0.2, -0.15) is 0 Å². The zero-order valence-corrected chi connectivity index (χ0v) is 11.0. The monoisotopic (exact) mass is 349 g/mol. The van der Waals surface area contributed by atoms with Gasteiger partial charge in [0.15, 0.2) is 0 Å². The minimum atomic E-state index is -3.75. The van der Waals surface area contributed by atoms with Crippen LogP contribution in [0.3, 0.4) is 0 Å². The van der Waals surface area contributed by atoms with Crippen molar-refractivity contribution in [2.45, 2.75) is 4.90 Å². The molecule has 0 bridgehead atoms. The molecule has 0 fully saturated rings. The van der Waals surface area contributed by atoms with E-state index in [2.05, 4.69) is 0 Å². The summed E-state index contributed by atoms with van der Waals surface area (Å²) in [6.07, 6.45) is 1.49. The van der Waals surface area contributed by atoms with Crippen LogP contribution in [-0.2, 0) is 10.0 Å². The summed E-state index contributed by atoms with van der Waals surface area (Å²) in [4.78, 5) is 0.0781. The predicted octanol–water partition coefficient (Wildman–Crippen LogP) is 2.20. The number of halogens is 1.